The number of benzene rings is 3. The first-order valence-corrected chi connectivity index (χ1v) is 11.8. The molecule has 1 N–H and O–H groups in total. The third-order valence-corrected chi connectivity index (χ3v) is 6.78. The van der Waals surface area contributed by atoms with Crippen LogP contribution in [0.5, 0.6) is 0 Å². The Morgan fingerprint density at radius 1 is 0.970 bits per heavy atom. The largest absolute Gasteiger partial charge is 0.325 e. The molecule has 5 nitrogen and oxygen atoms in total. The van der Waals surface area contributed by atoms with Gasteiger partial charge in [0.2, 0.25) is 5.91 Å². The zero-order valence-electron chi connectivity index (χ0n) is 17.9. The first kappa shape index (κ1) is 21.4. The molecule has 7 heteroatoms. The van der Waals surface area contributed by atoms with E-state index in [0.717, 1.165) is 29.8 Å². The minimum atomic E-state index is -0.540. The lowest BCUT2D eigenvalue weighted by molar-refractivity contribution is -0.115. The van der Waals surface area contributed by atoms with Crippen molar-refractivity contribution in [2.75, 3.05) is 5.32 Å². The van der Waals surface area contributed by atoms with Gasteiger partial charge in [0.05, 0.1) is 6.54 Å². The Hall–Kier alpha value is -3.45. The minimum Gasteiger partial charge on any atom is -0.325 e. The number of halogens is 1. The van der Waals surface area contributed by atoms with E-state index in [1.807, 2.05) is 48.5 Å². The number of aromatic nitrogens is 3. The first-order chi connectivity index (χ1) is 16.2. The van der Waals surface area contributed by atoms with Crippen LogP contribution in [-0.4, -0.2) is 20.7 Å². The molecule has 0 aliphatic heterocycles. The third kappa shape index (κ3) is 5.14. The number of carbonyl (C=O) groups is 1. The van der Waals surface area contributed by atoms with Crippen molar-refractivity contribution in [3.63, 3.8) is 0 Å². The molecule has 1 saturated carbocycles. The van der Waals surface area contributed by atoms with Crippen molar-refractivity contribution < 1.29 is 9.18 Å². The summed E-state index contributed by atoms with van der Waals surface area (Å²) < 4.78 is 15.4. The van der Waals surface area contributed by atoms with Gasteiger partial charge in [0.15, 0.2) is 5.16 Å². The van der Waals surface area contributed by atoms with Crippen molar-refractivity contribution in [3.8, 4) is 0 Å². The first-order valence-electron chi connectivity index (χ1n) is 10.9. The van der Waals surface area contributed by atoms with Crippen LogP contribution in [0.3, 0.4) is 0 Å². The molecule has 33 heavy (non-hydrogen) atoms. The van der Waals surface area contributed by atoms with E-state index in [0.29, 0.717) is 23.3 Å². The quantitative estimate of drug-likeness (QED) is 0.338. The number of hydrogen-bond donors (Lipinski definition) is 1. The summed E-state index contributed by atoms with van der Waals surface area (Å²) in [5.41, 5.74) is 2.57. The Bertz CT molecular complexity index is 1220. The van der Waals surface area contributed by atoms with E-state index in [1.165, 1.54) is 23.9 Å². The van der Waals surface area contributed by atoms with E-state index < -0.39 is 5.25 Å². The predicted octanol–water partition coefficient (Wildman–Crippen LogP) is 5.82. The van der Waals surface area contributed by atoms with Gasteiger partial charge in [-0.2, -0.15) is 0 Å². The highest BCUT2D eigenvalue weighted by molar-refractivity contribution is 8.00. The second-order valence-electron chi connectivity index (χ2n) is 8.09. The summed E-state index contributed by atoms with van der Waals surface area (Å²) in [4.78, 5) is 13.3. The summed E-state index contributed by atoms with van der Waals surface area (Å²) in [5.74, 6) is 0.870. The molecule has 166 valence electrons. The molecule has 0 bridgehead atoms. The molecule has 4 aromatic rings. The van der Waals surface area contributed by atoms with Crippen molar-refractivity contribution >= 4 is 23.4 Å². The summed E-state index contributed by atoms with van der Waals surface area (Å²) in [5, 5.41) is 12.1. The van der Waals surface area contributed by atoms with Gasteiger partial charge in [-0.25, -0.2) is 4.39 Å². The van der Waals surface area contributed by atoms with E-state index in [-0.39, 0.29) is 11.7 Å². The normalized spacial score (nSPS) is 14.1. The number of anilines is 1. The lowest BCUT2D eigenvalue weighted by Crippen LogP contribution is -2.19. The molecule has 0 radical (unpaired) electrons. The molecule has 1 aromatic heterocycles. The minimum absolute atomic E-state index is 0.194. The molecule has 1 aliphatic rings. The molecule has 1 atom stereocenters. The fourth-order valence-electron chi connectivity index (χ4n) is 3.69. The summed E-state index contributed by atoms with van der Waals surface area (Å²) in [7, 11) is 0. The highest BCUT2D eigenvalue weighted by atomic mass is 32.2. The zero-order valence-corrected chi connectivity index (χ0v) is 18.7. The second kappa shape index (κ2) is 9.58. The van der Waals surface area contributed by atoms with E-state index in [4.69, 9.17) is 0 Å². The Morgan fingerprint density at radius 3 is 2.30 bits per heavy atom. The highest BCUT2D eigenvalue weighted by Gasteiger charge is 2.32. The van der Waals surface area contributed by atoms with Gasteiger partial charge in [0.25, 0.3) is 0 Å². The van der Waals surface area contributed by atoms with E-state index >= 15 is 0 Å². The van der Waals surface area contributed by atoms with Crippen LogP contribution in [0.25, 0.3) is 0 Å². The Labute approximate surface area is 196 Å². The number of nitrogens with one attached hydrogen (secondary N) is 1. The number of rotatable bonds is 8. The molecule has 3 aromatic carbocycles. The maximum atomic E-state index is 13.3. The van der Waals surface area contributed by atoms with E-state index in [9.17, 15) is 9.18 Å². The maximum Gasteiger partial charge on any atom is 0.242 e. The number of nitrogens with zero attached hydrogens (tertiary/aromatic N) is 3. The average Bonchev–Trinajstić information content (AvgIpc) is 3.62. The summed E-state index contributed by atoms with van der Waals surface area (Å²) in [6.45, 7) is 0.656. The molecule has 1 aliphatic carbocycles. The van der Waals surface area contributed by atoms with E-state index in [2.05, 4.69) is 32.2 Å². The van der Waals surface area contributed by atoms with Gasteiger partial charge in [-0.3, -0.25) is 4.79 Å². The number of amides is 1. The molecule has 1 heterocycles. The summed E-state index contributed by atoms with van der Waals surface area (Å²) in [6.07, 6.45) is 2.23. The van der Waals surface area contributed by atoms with Crippen molar-refractivity contribution in [1.29, 1.82) is 0 Å². The Kier molecular flexibility index (Phi) is 6.21. The monoisotopic (exact) mass is 458 g/mol. The van der Waals surface area contributed by atoms with Crippen LogP contribution >= 0.6 is 11.8 Å². The number of carbonyl (C=O) groups excluding carboxylic acids is 1. The van der Waals surface area contributed by atoms with Gasteiger partial charge in [0, 0.05) is 11.6 Å². The van der Waals surface area contributed by atoms with Gasteiger partial charge in [-0.15, -0.1) is 10.2 Å². The van der Waals surface area contributed by atoms with Gasteiger partial charge in [-0.05, 0) is 48.2 Å². The van der Waals surface area contributed by atoms with Crippen LogP contribution in [0.1, 0.15) is 41.0 Å². The van der Waals surface area contributed by atoms with Crippen molar-refractivity contribution in [3.05, 3.63) is 108 Å². The van der Waals surface area contributed by atoms with E-state index in [1.54, 1.807) is 12.1 Å². The second-order valence-corrected chi connectivity index (χ2v) is 9.16. The number of hydrogen-bond acceptors (Lipinski definition) is 4. The zero-order chi connectivity index (χ0) is 22.6. The van der Waals surface area contributed by atoms with Crippen molar-refractivity contribution in [1.82, 2.24) is 14.8 Å². The van der Waals surface area contributed by atoms with Crippen LogP contribution in [0.2, 0.25) is 0 Å². The molecule has 1 fully saturated rings. The van der Waals surface area contributed by atoms with Crippen molar-refractivity contribution in [2.45, 2.75) is 35.7 Å². The molecular weight excluding hydrogens is 435 g/mol. The molecule has 1 unspecified atom stereocenters. The van der Waals surface area contributed by atoms with Crippen molar-refractivity contribution in [2.24, 2.45) is 0 Å². The standard InChI is InChI=1S/C26H23FN4OS/c27-21-13-15-22(16-14-21)28-25(32)23(19-9-5-2-6-10-19)33-26-30-29-24(20-11-12-20)31(26)17-18-7-3-1-4-8-18/h1-10,13-16,20,23H,11-12,17H2,(H,28,32). The van der Waals surface area contributed by atoms with Crippen LogP contribution < -0.4 is 5.32 Å². The van der Waals surface area contributed by atoms with Crippen LogP contribution in [0.4, 0.5) is 10.1 Å². The number of thioether (sulfide) groups is 1. The molecule has 1 amide bonds. The predicted molar refractivity (Wildman–Crippen MR) is 128 cm³/mol. The smallest absolute Gasteiger partial charge is 0.242 e. The van der Waals surface area contributed by atoms with Crippen LogP contribution in [0, 0.1) is 5.82 Å². The van der Waals surface area contributed by atoms with Gasteiger partial charge in [-0.1, -0.05) is 72.4 Å². The molecule has 0 spiro atoms. The summed E-state index contributed by atoms with van der Waals surface area (Å²) in [6, 6.07) is 25.6. The lowest BCUT2D eigenvalue weighted by Gasteiger charge is -2.18. The topological polar surface area (TPSA) is 59.8 Å². The van der Waals surface area contributed by atoms with Gasteiger partial charge >= 0.3 is 0 Å². The Morgan fingerprint density at radius 2 is 1.64 bits per heavy atom. The van der Waals surface area contributed by atoms with Crippen LogP contribution in [0.15, 0.2) is 90.1 Å². The lowest BCUT2D eigenvalue weighted by atomic mass is 10.1. The SMILES string of the molecule is O=C(Nc1ccc(F)cc1)C(Sc1nnc(C2CC2)n1Cc1ccccc1)c1ccccc1. The third-order valence-electron chi connectivity index (χ3n) is 5.55. The fraction of sp³-hybridized carbons (Fsp3) is 0.192. The molecular formula is C26H23FN4OS. The molecule has 0 saturated heterocycles. The summed E-state index contributed by atoms with van der Waals surface area (Å²) >= 11 is 1.39. The Balaban J connectivity index is 1.45. The van der Waals surface area contributed by atoms with Crippen LogP contribution in [-0.2, 0) is 11.3 Å². The average molecular weight is 459 g/mol. The fourth-order valence-corrected chi connectivity index (χ4v) is 4.74. The van der Waals surface area contributed by atoms with Gasteiger partial charge in [0.1, 0.15) is 16.9 Å². The highest BCUT2D eigenvalue weighted by Crippen LogP contribution is 2.42. The molecule has 5 rings (SSSR count). The van der Waals surface area contributed by atoms with Gasteiger partial charge < -0.3 is 9.88 Å². The maximum absolute atomic E-state index is 13.3.